The molecule has 0 spiro atoms. The van der Waals surface area contributed by atoms with Crippen molar-refractivity contribution in [1.29, 1.82) is 0 Å². The summed E-state index contributed by atoms with van der Waals surface area (Å²) in [6.07, 6.45) is 0.504. The largest absolute Gasteiger partial charge is 0.506 e. The van der Waals surface area contributed by atoms with Gasteiger partial charge in [-0.2, -0.15) is 0 Å². The normalized spacial score (nSPS) is 12.9. The Hall–Kier alpha value is -0.100. The first kappa shape index (κ1) is 12.0. The summed E-state index contributed by atoms with van der Waals surface area (Å²) in [5.74, 6) is 0.157. The monoisotopic (exact) mass is 323 g/mol. The van der Waals surface area contributed by atoms with E-state index in [0.29, 0.717) is 15.4 Å². The zero-order valence-electron chi connectivity index (χ0n) is 7.37. The maximum absolute atomic E-state index is 9.46. The Morgan fingerprint density at radius 3 is 2.21 bits per heavy atom. The maximum Gasteiger partial charge on any atom is 0.143 e. The van der Waals surface area contributed by atoms with Gasteiger partial charge in [0.1, 0.15) is 5.75 Å². The predicted molar refractivity (Wildman–Crippen MR) is 62.1 cm³/mol. The Labute approximate surface area is 99.2 Å². The third-order valence-corrected chi connectivity index (χ3v) is 3.12. The van der Waals surface area contributed by atoms with Crippen molar-refractivity contribution >= 4 is 31.9 Å². The average molecular weight is 325 g/mol. The number of aliphatic hydroxyl groups is 1. The Bertz CT molecular complexity index is 308. The first-order valence-corrected chi connectivity index (χ1v) is 5.69. The van der Waals surface area contributed by atoms with Gasteiger partial charge in [0.25, 0.3) is 0 Å². The van der Waals surface area contributed by atoms with E-state index in [-0.39, 0.29) is 18.4 Å². The van der Waals surface area contributed by atoms with Crippen molar-refractivity contribution in [3.63, 3.8) is 0 Å². The van der Waals surface area contributed by atoms with Gasteiger partial charge in [-0.25, -0.2) is 0 Å². The SMILES string of the molecule is N[C@@H](CCO)c1cc(Br)c(O)c(Br)c1. The summed E-state index contributed by atoms with van der Waals surface area (Å²) in [7, 11) is 0. The van der Waals surface area contributed by atoms with Gasteiger partial charge >= 0.3 is 0 Å². The number of halogens is 2. The van der Waals surface area contributed by atoms with E-state index in [1.54, 1.807) is 12.1 Å². The van der Waals surface area contributed by atoms with Crippen LogP contribution in [0.4, 0.5) is 0 Å². The maximum atomic E-state index is 9.46. The molecule has 0 bridgehead atoms. The zero-order valence-corrected chi connectivity index (χ0v) is 10.5. The molecular weight excluding hydrogens is 314 g/mol. The standard InChI is InChI=1S/C9H11Br2NO2/c10-6-3-5(8(12)1-2-13)4-7(11)9(6)14/h3-4,8,13-14H,1-2,12H2/t8-/m0/s1. The quantitative estimate of drug-likeness (QED) is 0.799. The highest BCUT2D eigenvalue weighted by molar-refractivity contribution is 9.11. The number of rotatable bonds is 3. The van der Waals surface area contributed by atoms with Crippen LogP contribution in [0.1, 0.15) is 18.0 Å². The molecule has 78 valence electrons. The molecule has 0 fully saturated rings. The van der Waals surface area contributed by atoms with Crippen LogP contribution in [-0.2, 0) is 0 Å². The lowest BCUT2D eigenvalue weighted by atomic mass is 10.1. The Balaban J connectivity index is 3.00. The number of nitrogens with two attached hydrogens (primary N) is 1. The van der Waals surface area contributed by atoms with Crippen LogP contribution in [-0.4, -0.2) is 16.8 Å². The van der Waals surface area contributed by atoms with E-state index < -0.39 is 0 Å². The molecular formula is C9H11Br2NO2. The molecule has 1 rings (SSSR count). The van der Waals surface area contributed by atoms with E-state index in [1.807, 2.05) is 0 Å². The van der Waals surface area contributed by atoms with Crippen molar-refractivity contribution < 1.29 is 10.2 Å². The summed E-state index contributed by atoms with van der Waals surface area (Å²) >= 11 is 6.44. The molecule has 0 saturated carbocycles. The van der Waals surface area contributed by atoms with Gasteiger partial charge in [-0.05, 0) is 56.0 Å². The first-order valence-electron chi connectivity index (χ1n) is 4.10. The topological polar surface area (TPSA) is 66.5 Å². The molecule has 14 heavy (non-hydrogen) atoms. The second-order valence-electron chi connectivity index (χ2n) is 2.95. The first-order chi connectivity index (χ1) is 6.56. The van der Waals surface area contributed by atoms with Crippen molar-refractivity contribution in [1.82, 2.24) is 0 Å². The highest BCUT2D eigenvalue weighted by Gasteiger charge is 2.10. The van der Waals surface area contributed by atoms with E-state index in [0.717, 1.165) is 5.56 Å². The van der Waals surface area contributed by atoms with E-state index in [9.17, 15) is 5.11 Å². The van der Waals surface area contributed by atoms with Gasteiger partial charge in [0.15, 0.2) is 0 Å². The van der Waals surface area contributed by atoms with Crippen LogP contribution >= 0.6 is 31.9 Å². The van der Waals surface area contributed by atoms with Gasteiger partial charge in [0.2, 0.25) is 0 Å². The van der Waals surface area contributed by atoms with E-state index >= 15 is 0 Å². The summed E-state index contributed by atoms with van der Waals surface area (Å²) in [6, 6.07) is 3.29. The zero-order chi connectivity index (χ0) is 10.7. The number of benzene rings is 1. The number of aromatic hydroxyl groups is 1. The van der Waals surface area contributed by atoms with Crippen molar-refractivity contribution in [2.45, 2.75) is 12.5 Å². The van der Waals surface area contributed by atoms with Crippen LogP contribution in [0.3, 0.4) is 0 Å². The smallest absolute Gasteiger partial charge is 0.143 e. The molecule has 0 aliphatic rings. The van der Waals surface area contributed by atoms with Crippen LogP contribution in [0.15, 0.2) is 21.1 Å². The highest BCUT2D eigenvalue weighted by atomic mass is 79.9. The Kier molecular flexibility index (Phi) is 4.37. The second kappa shape index (κ2) is 5.11. The van der Waals surface area contributed by atoms with Crippen molar-refractivity contribution in [3.8, 4) is 5.75 Å². The number of hydrogen-bond acceptors (Lipinski definition) is 3. The predicted octanol–water partition coefficient (Wildman–Crippen LogP) is 2.30. The van der Waals surface area contributed by atoms with Gasteiger partial charge in [0, 0.05) is 12.6 Å². The van der Waals surface area contributed by atoms with Gasteiger partial charge < -0.3 is 15.9 Å². The summed E-state index contributed by atoms with van der Waals surface area (Å²) in [5.41, 5.74) is 6.68. The van der Waals surface area contributed by atoms with E-state index in [1.165, 1.54) is 0 Å². The summed E-state index contributed by atoms with van der Waals surface area (Å²) < 4.78 is 1.19. The summed E-state index contributed by atoms with van der Waals surface area (Å²) in [4.78, 5) is 0. The fourth-order valence-electron chi connectivity index (χ4n) is 1.10. The Morgan fingerprint density at radius 2 is 1.79 bits per heavy atom. The van der Waals surface area contributed by atoms with Gasteiger partial charge in [0.05, 0.1) is 8.95 Å². The molecule has 0 amide bonds. The molecule has 0 aliphatic heterocycles. The minimum Gasteiger partial charge on any atom is -0.506 e. The number of aliphatic hydroxyl groups excluding tert-OH is 1. The molecule has 0 aliphatic carbocycles. The molecule has 1 aromatic rings. The molecule has 1 aromatic carbocycles. The molecule has 0 saturated heterocycles. The molecule has 4 N–H and O–H groups in total. The van der Waals surface area contributed by atoms with Gasteiger partial charge in [-0.15, -0.1) is 0 Å². The minimum absolute atomic E-state index is 0.0529. The molecule has 3 nitrogen and oxygen atoms in total. The highest BCUT2D eigenvalue weighted by Crippen LogP contribution is 2.35. The van der Waals surface area contributed by atoms with Crippen LogP contribution in [0.2, 0.25) is 0 Å². The molecule has 0 radical (unpaired) electrons. The summed E-state index contributed by atoms with van der Waals surface area (Å²) in [5, 5.41) is 18.2. The van der Waals surface area contributed by atoms with E-state index in [4.69, 9.17) is 10.8 Å². The second-order valence-corrected chi connectivity index (χ2v) is 4.66. The van der Waals surface area contributed by atoms with Crippen molar-refractivity contribution in [3.05, 3.63) is 26.6 Å². The van der Waals surface area contributed by atoms with Gasteiger partial charge in [-0.1, -0.05) is 0 Å². The van der Waals surface area contributed by atoms with Gasteiger partial charge in [-0.3, -0.25) is 0 Å². The van der Waals surface area contributed by atoms with Crippen molar-refractivity contribution in [2.24, 2.45) is 5.73 Å². The number of hydrogen-bond donors (Lipinski definition) is 3. The lowest BCUT2D eigenvalue weighted by Crippen LogP contribution is -2.11. The van der Waals surface area contributed by atoms with E-state index in [2.05, 4.69) is 31.9 Å². The molecule has 0 aromatic heterocycles. The minimum atomic E-state index is -0.215. The molecule has 0 heterocycles. The van der Waals surface area contributed by atoms with Crippen LogP contribution < -0.4 is 5.73 Å². The lowest BCUT2D eigenvalue weighted by Gasteiger charge is -2.12. The van der Waals surface area contributed by atoms with Crippen LogP contribution in [0.5, 0.6) is 5.75 Å². The molecule has 5 heteroatoms. The number of phenolic OH excluding ortho intramolecular Hbond substituents is 1. The van der Waals surface area contributed by atoms with Crippen molar-refractivity contribution in [2.75, 3.05) is 6.61 Å². The fraction of sp³-hybridized carbons (Fsp3) is 0.333. The third kappa shape index (κ3) is 2.70. The summed E-state index contributed by atoms with van der Waals surface area (Å²) in [6.45, 7) is 0.0529. The lowest BCUT2D eigenvalue weighted by molar-refractivity contribution is 0.276. The number of phenols is 1. The third-order valence-electron chi connectivity index (χ3n) is 1.91. The average Bonchev–Trinajstić information content (AvgIpc) is 2.13. The van der Waals surface area contributed by atoms with Crippen LogP contribution in [0.25, 0.3) is 0 Å². The molecule has 0 unspecified atom stereocenters. The fourth-order valence-corrected chi connectivity index (χ4v) is 2.33. The Morgan fingerprint density at radius 1 is 1.29 bits per heavy atom. The van der Waals surface area contributed by atoms with Crippen LogP contribution in [0, 0.1) is 0 Å². The molecule has 1 atom stereocenters.